The van der Waals surface area contributed by atoms with Crippen LogP contribution in [-0.2, 0) is 24.9 Å². The van der Waals surface area contributed by atoms with Crippen molar-refractivity contribution in [1.29, 1.82) is 0 Å². The molecule has 6 aromatic carbocycles. The number of benzene rings is 6. The summed E-state index contributed by atoms with van der Waals surface area (Å²) in [5, 5.41) is 4.91. The van der Waals surface area contributed by atoms with Crippen molar-refractivity contribution < 1.29 is 18.0 Å². The molecule has 64 heavy (non-hydrogen) atoms. The van der Waals surface area contributed by atoms with Crippen molar-refractivity contribution in [2.75, 3.05) is 0 Å². The number of furan rings is 2. The van der Waals surface area contributed by atoms with E-state index in [2.05, 4.69) is 219 Å². The van der Waals surface area contributed by atoms with E-state index in [9.17, 15) is 0 Å². The van der Waals surface area contributed by atoms with Gasteiger partial charge < -0.3 is 8.83 Å². The van der Waals surface area contributed by atoms with Crippen molar-refractivity contribution in [3.05, 3.63) is 178 Å². The molecule has 10 aromatic rings. The smallest absolute Gasteiger partial charge is 0.216 e. The molecule has 4 heterocycles. The molecule has 0 bridgehead atoms. The first-order chi connectivity index (χ1) is 30.7. The summed E-state index contributed by atoms with van der Waals surface area (Å²) in [7, 11) is 4.20. The molecule has 12 rings (SSSR count). The Hall–Kier alpha value is -6.78. The SMILES string of the molecule is Cc1cc(C)c2c(oc3c4c(ccc32)C(C)(C)c2ccccc2-4)c1-c1cccc[n+]1C.Cc1ccc2c(oc3c4c(cc(C(C)C)c32)C(C)(C)c2ccccc2-4)c1-c1cccc[n+]1C. The molecule has 0 unspecified atom stereocenters. The molecule has 4 aromatic heterocycles. The highest BCUT2D eigenvalue weighted by Crippen LogP contribution is 2.56. The molecule has 0 amide bonds. The third kappa shape index (κ3) is 5.54. The van der Waals surface area contributed by atoms with Crippen molar-refractivity contribution >= 4 is 43.9 Å². The molecule has 0 atom stereocenters. The Kier molecular flexibility index (Phi) is 8.83. The normalized spacial score (nSPS) is 14.2. The Bertz CT molecular complexity index is 3590. The van der Waals surface area contributed by atoms with Crippen LogP contribution in [0.3, 0.4) is 0 Å². The van der Waals surface area contributed by atoms with Gasteiger partial charge in [-0.1, -0.05) is 126 Å². The highest BCUT2D eigenvalue weighted by atomic mass is 16.3. The van der Waals surface area contributed by atoms with Crippen LogP contribution in [0, 0.1) is 20.8 Å². The third-order valence-electron chi connectivity index (χ3n) is 14.8. The van der Waals surface area contributed by atoms with E-state index in [1.165, 1.54) is 111 Å². The molecule has 4 heteroatoms. The van der Waals surface area contributed by atoms with Gasteiger partial charge in [-0.05, 0) is 94.5 Å². The monoisotopic (exact) mass is 836 g/mol. The van der Waals surface area contributed by atoms with Gasteiger partial charge in [-0.25, -0.2) is 9.13 Å². The lowest BCUT2D eigenvalue weighted by Gasteiger charge is -2.22. The predicted molar refractivity (Wildman–Crippen MR) is 264 cm³/mol. The van der Waals surface area contributed by atoms with E-state index in [4.69, 9.17) is 8.83 Å². The van der Waals surface area contributed by atoms with Crippen LogP contribution in [0.15, 0.2) is 143 Å². The Morgan fingerprint density at radius 1 is 0.438 bits per heavy atom. The molecule has 2 aliphatic carbocycles. The van der Waals surface area contributed by atoms with Crippen LogP contribution in [-0.4, -0.2) is 0 Å². The number of nitrogens with zero attached hydrogens (tertiary/aromatic N) is 2. The summed E-state index contributed by atoms with van der Waals surface area (Å²) in [6.45, 7) is 20.5. The van der Waals surface area contributed by atoms with Crippen LogP contribution in [0.5, 0.6) is 0 Å². The second-order valence-electron chi connectivity index (χ2n) is 19.8. The highest BCUT2D eigenvalue weighted by Gasteiger charge is 2.40. The first-order valence-electron chi connectivity index (χ1n) is 22.8. The van der Waals surface area contributed by atoms with E-state index in [-0.39, 0.29) is 10.8 Å². The zero-order valence-electron chi connectivity index (χ0n) is 39.0. The Labute approximate surface area is 376 Å². The van der Waals surface area contributed by atoms with E-state index in [0.717, 1.165) is 22.3 Å². The maximum atomic E-state index is 6.94. The fraction of sp³-hybridized carbons (Fsp3) is 0.233. The van der Waals surface area contributed by atoms with Gasteiger partial charge in [0, 0.05) is 67.8 Å². The number of pyridine rings is 2. The number of hydrogen-bond acceptors (Lipinski definition) is 2. The molecule has 4 nitrogen and oxygen atoms in total. The Morgan fingerprint density at radius 3 is 1.52 bits per heavy atom. The summed E-state index contributed by atoms with van der Waals surface area (Å²) in [5.74, 6) is 0.399. The highest BCUT2D eigenvalue weighted by molar-refractivity contribution is 6.17. The number of aromatic nitrogens is 2. The van der Waals surface area contributed by atoms with Crippen molar-refractivity contribution in [2.24, 2.45) is 14.1 Å². The van der Waals surface area contributed by atoms with Gasteiger partial charge in [-0.15, -0.1) is 0 Å². The Morgan fingerprint density at radius 2 is 0.922 bits per heavy atom. The molecule has 0 radical (unpaired) electrons. The zero-order valence-corrected chi connectivity index (χ0v) is 39.0. The Balaban J connectivity index is 0.000000143. The molecule has 0 fully saturated rings. The summed E-state index contributed by atoms with van der Waals surface area (Å²) in [4.78, 5) is 0. The molecular formula is C60H56N2O2+2. The van der Waals surface area contributed by atoms with Gasteiger partial charge in [0.05, 0.1) is 11.1 Å². The molecule has 2 aliphatic rings. The number of aryl methyl sites for hydroxylation is 5. The number of fused-ring (bicyclic) bond motifs is 14. The van der Waals surface area contributed by atoms with E-state index >= 15 is 0 Å². The quantitative estimate of drug-likeness (QED) is 0.166. The van der Waals surface area contributed by atoms with Crippen molar-refractivity contribution in [1.82, 2.24) is 0 Å². The van der Waals surface area contributed by atoms with Crippen LogP contribution < -0.4 is 9.13 Å². The standard InChI is InChI=1S/C31H30NO.C29H26NO/c1-18(2)22-17-24-28(20-11-7-8-12-23(20)31(24,4)5)30-27(22)21-15-14-19(3)26(29(21)33-30)25-13-9-10-16-32(25)6;1-17-16-18(2)25(23-12-8-9-15-30(23)5)28-24(17)20-13-14-22-26(27(20)31-28)19-10-6-7-11-21(19)29(22,3)4/h7-18H,1-6H3;6-16H,1-5H3/q2*+1. The zero-order chi connectivity index (χ0) is 44.6. The topological polar surface area (TPSA) is 34.0 Å². The average Bonchev–Trinajstić information content (AvgIpc) is 3.98. The number of hydrogen-bond donors (Lipinski definition) is 0. The lowest BCUT2D eigenvalue weighted by atomic mass is 9.80. The van der Waals surface area contributed by atoms with Crippen LogP contribution in [0.2, 0.25) is 0 Å². The predicted octanol–water partition coefficient (Wildman–Crippen LogP) is 14.8. The minimum Gasteiger partial charge on any atom is -0.454 e. The summed E-state index contributed by atoms with van der Waals surface area (Å²) in [6.07, 6.45) is 4.20. The third-order valence-corrected chi connectivity index (χ3v) is 14.8. The van der Waals surface area contributed by atoms with E-state index in [1.807, 2.05) is 0 Å². The second kappa shape index (κ2) is 14.1. The van der Waals surface area contributed by atoms with Gasteiger partial charge in [-0.2, -0.15) is 0 Å². The van der Waals surface area contributed by atoms with E-state index in [1.54, 1.807) is 0 Å². The van der Waals surface area contributed by atoms with Gasteiger partial charge in [0.25, 0.3) is 0 Å². The largest absolute Gasteiger partial charge is 0.454 e. The van der Waals surface area contributed by atoms with Gasteiger partial charge in [0.2, 0.25) is 11.4 Å². The van der Waals surface area contributed by atoms with Gasteiger partial charge in [0.1, 0.15) is 36.4 Å². The fourth-order valence-corrected chi connectivity index (χ4v) is 11.5. The van der Waals surface area contributed by atoms with Crippen molar-refractivity contribution in [3.63, 3.8) is 0 Å². The minimum atomic E-state index is -0.0483. The molecular weight excluding hydrogens is 781 g/mol. The van der Waals surface area contributed by atoms with Crippen LogP contribution in [0.1, 0.15) is 92.0 Å². The number of rotatable bonds is 3. The van der Waals surface area contributed by atoms with Gasteiger partial charge in [0.15, 0.2) is 12.4 Å². The molecule has 0 saturated heterocycles. The fourth-order valence-electron chi connectivity index (χ4n) is 11.5. The molecule has 316 valence electrons. The maximum Gasteiger partial charge on any atom is 0.216 e. The summed E-state index contributed by atoms with van der Waals surface area (Å²) >= 11 is 0. The lowest BCUT2D eigenvalue weighted by molar-refractivity contribution is -0.660. The van der Waals surface area contributed by atoms with Crippen molar-refractivity contribution in [2.45, 2.75) is 79.1 Å². The van der Waals surface area contributed by atoms with Gasteiger partial charge in [-0.3, -0.25) is 0 Å². The lowest BCUT2D eigenvalue weighted by Crippen LogP contribution is -2.30. The van der Waals surface area contributed by atoms with Gasteiger partial charge >= 0.3 is 0 Å². The first-order valence-corrected chi connectivity index (χ1v) is 22.8. The molecule has 0 N–H and O–H groups in total. The second-order valence-corrected chi connectivity index (χ2v) is 19.8. The van der Waals surface area contributed by atoms with E-state index in [0.29, 0.717) is 5.92 Å². The van der Waals surface area contributed by atoms with Crippen LogP contribution in [0.4, 0.5) is 0 Å². The van der Waals surface area contributed by atoms with Crippen LogP contribution >= 0.6 is 0 Å². The molecule has 0 saturated carbocycles. The van der Waals surface area contributed by atoms with Crippen molar-refractivity contribution in [3.8, 4) is 44.8 Å². The summed E-state index contributed by atoms with van der Waals surface area (Å²) in [5.41, 5.74) is 24.4. The first kappa shape index (κ1) is 40.0. The average molecular weight is 837 g/mol. The molecule has 0 spiro atoms. The minimum absolute atomic E-state index is 0.0290. The summed E-state index contributed by atoms with van der Waals surface area (Å²) < 4.78 is 18.1. The molecule has 0 aliphatic heterocycles. The maximum absolute atomic E-state index is 6.94. The van der Waals surface area contributed by atoms with Crippen LogP contribution in [0.25, 0.3) is 88.6 Å². The van der Waals surface area contributed by atoms with E-state index < -0.39 is 0 Å². The summed E-state index contributed by atoms with van der Waals surface area (Å²) in [6, 6.07) is 44.1.